The minimum Gasteiger partial charge on any atom is -0.394 e. The van der Waals surface area contributed by atoms with Crippen molar-refractivity contribution in [3.05, 3.63) is 0 Å². The molecule has 0 spiro atoms. The highest BCUT2D eigenvalue weighted by molar-refractivity contribution is 8.93. The van der Waals surface area contributed by atoms with Crippen molar-refractivity contribution in [2.24, 2.45) is 5.92 Å². The molecule has 0 N–H and O–H groups in total. The normalized spacial score (nSPS) is 12.5. The van der Waals surface area contributed by atoms with Gasteiger partial charge in [0.1, 0.15) is 0 Å². The molecule has 0 aromatic rings. The fraction of sp³-hybridized carbons (Fsp3) is 1.00. The van der Waals surface area contributed by atoms with Crippen LogP contribution in [0.5, 0.6) is 0 Å². The van der Waals surface area contributed by atoms with Crippen LogP contribution in [0.15, 0.2) is 0 Å². The van der Waals surface area contributed by atoms with E-state index in [2.05, 4.69) is 13.8 Å². The maximum Gasteiger partial charge on any atom is 0.502 e. The first-order valence-electron chi connectivity index (χ1n) is 8.62. The first-order chi connectivity index (χ1) is 10.4. The van der Waals surface area contributed by atoms with Crippen molar-refractivity contribution >= 4 is 34.3 Å². The minimum absolute atomic E-state index is 0. The van der Waals surface area contributed by atoms with Gasteiger partial charge in [-0.2, -0.15) is 0 Å². The molecule has 0 aromatic heterocycles. The molecule has 0 unspecified atom stereocenters. The molecule has 0 saturated heterocycles. The molecule has 0 aromatic carbocycles. The van der Waals surface area contributed by atoms with Crippen LogP contribution in [-0.2, 0) is 22.1 Å². The molecule has 0 radical (unpaired) electrons. The zero-order chi connectivity index (χ0) is 17.1. The van der Waals surface area contributed by atoms with Gasteiger partial charge < -0.3 is 22.1 Å². The summed E-state index contributed by atoms with van der Waals surface area (Å²) in [4.78, 5) is 0. The van der Waals surface area contributed by atoms with Gasteiger partial charge in [-0.1, -0.05) is 13.8 Å². The second-order valence-electron chi connectivity index (χ2n) is 5.53. The molecule has 0 heterocycles. The van der Waals surface area contributed by atoms with Crippen molar-refractivity contribution in [1.29, 1.82) is 0 Å². The largest absolute Gasteiger partial charge is 0.502 e. The van der Waals surface area contributed by atoms with Crippen molar-refractivity contribution in [3.8, 4) is 0 Å². The predicted molar refractivity (Wildman–Crippen MR) is 104 cm³/mol. The van der Waals surface area contributed by atoms with Gasteiger partial charge in [-0.3, -0.25) is 0 Å². The average Bonchev–Trinajstić information content (AvgIpc) is 2.39. The molecule has 0 aliphatic heterocycles. The lowest BCUT2D eigenvalue weighted by Gasteiger charge is -2.37. The molecule has 142 valence electrons. The van der Waals surface area contributed by atoms with E-state index in [1.807, 2.05) is 34.6 Å². The molecule has 0 fully saturated rings. The molecule has 0 saturated carbocycles. The molecule has 0 amide bonds. The number of halogens is 1. The Morgan fingerprint density at radius 1 is 0.652 bits per heavy atom. The average molecular weight is 434 g/mol. The van der Waals surface area contributed by atoms with Gasteiger partial charge in [0.15, 0.2) is 0 Å². The third-order valence-electron chi connectivity index (χ3n) is 3.11. The van der Waals surface area contributed by atoms with Crippen LogP contribution in [0.3, 0.4) is 0 Å². The molecule has 0 bridgehead atoms. The Morgan fingerprint density at radius 2 is 1.00 bits per heavy atom. The lowest BCUT2D eigenvalue weighted by molar-refractivity contribution is 0.0699. The van der Waals surface area contributed by atoms with Gasteiger partial charge in [-0.05, 0) is 46.6 Å². The summed E-state index contributed by atoms with van der Waals surface area (Å²) in [5.41, 5.74) is 0.662. The Bertz CT molecular complexity index is 260. The molecule has 8 heteroatoms. The van der Waals surface area contributed by atoms with Crippen molar-refractivity contribution in [3.63, 3.8) is 0 Å². The van der Waals surface area contributed by atoms with Crippen LogP contribution < -0.4 is 0 Å². The number of hydrogen-bond acceptors (Lipinski definition) is 5. The van der Waals surface area contributed by atoms with Crippen LogP contribution >= 0.6 is 17.0 Å². The lowest BCUT2D eigenvalue weighted by Crippen LogP contribution is -2.57. The summed E-state index contributed by atoms with van der Waals surface area (Å²) in [5.74, 6) is 0.501. The van der Waals surface area contributed by atoms with E-state index in [0.717, 1.165) is 6.04 Å². The summed E-state index contributed by atoms with van der Waals surface area (Å²) in [6.45, 7) is 17.4. The van der Waals surface area contributed by atoms with Crippen molar-refractivity contribution in [2.75, 3.05) is 33.0 Å². The molecule has 0 aliphatic carbocycles. The fourth-order valence-electron chi connectivity index (χ4n) is 2.75. The van der Waals surface area contributed by atoms with E-state index in [0.29, 0.717) is 44.6 Å². The van der Waals surface area contributed by atoms with Crippen molar-refractivity contribution in [2.45, 2.75) is 60.2 Å². The van der Waals surface area contributed by atoms with E-state index < -0.39 is 17.4 Å². The van der Waals surface area contributed by atoms with E-state index >= 15 is 0 Å². The fourth-order valence-corrected chi connectivity index (χ4v) is 12.2. The third kappa shape index (κ3) is 9.69. The van der Waals surface area contributed by atoms with Gasteiger partial charge in [0, 0.05) is 33.0 Å². The van der Waals surface area contributed by atoms with E-state index in [9.17, 15) is 0 Å². The molecule has 0 atom stereocenters. The standard InChI is InChI=1S/C15H36O5Si2.BrH/c1-8-16-21(17-9-2,13-15(6)7)14-22(18-10-3,19-11-4)20-12-5;/h15H,8-14H2,1-7H3;1H. The Kier molecular flexibility index (Phi) is 15.7. The second kappa shape index (κ2) is 13.9. The van der Waals surface area contributed by atoms with E-state index in [1.54, 1.807) is 0 Å². The summed E-state index contributed by atoms with van der Waals surface area (Å²) in [5, 5.41) is 0. The van der Waals surface area contributed by atoms with Crippen LogP contribution in [0.1, 0.15) is 48.5 Å². The Hall–Kier alpha value is 0.714. The monoisotopic (exact) mass is 432 g/mol. The summed E-state index contributed by atoms with van der Waals surface area (Å²) in [6.07, 6.45) is 0. The molecule has 0 aliphatic rings. The summed E-state index contributed by atoms with van der Waals surface area (Å²) >= 11 is 0. The zero-order valence-corrected chi connectivity index (χ0v) is 19.7. The number of rotatable bonds is 14. The molecule has 5 nitrogen and oxygen atoms in total. The van der Waals surface area contributed by atoms with E-state index in [-0.39, 0.29) is 17.0 Å². The highest BCUT2D eigenvalue weighted by atomic mass is 79.9. The SMILES string of the molecule is Br.CCO[Si](CC(C)C)(C[Si](OCC)(OCC)OCC)OCC. The molecule has 0 rings (SSSR count). The first-order valence-corrected chi connectivity index (χ1v) is 12.8. The van der Waals surface area contributed by atoms with Crippen LogP contribution in [0.2, 0.25) is 11.7 Å². The lowest BCUT2D eigenvalue weighted by atomic mass is 10.3. The van der Waals surface area contributed by atoms with Gasteiger partial charge >= 0.3 is 17.4 Å². The van der Waals surface area contributed by atoms with E-state index in [4.69, 9.17) is 22.1 Å². The van der Waals surface area contributed by atoms with Gasteiger partial charge in [-0.15, -0.1) is 17.0 Å². The third-order valence-corrected chi connectivity index (χ3v) is 12.3. The minimum atomic E-state index is -2.76. The summed E-state index contributed by atoms with van der Waals surface area (Å²) < 4.78 is 30.4. The highest BCUT2D eigenvalue weighted by Crippen LogP contribution is 2.31. The summed E-state index contributed by atoms with van der Waals surface area (Å²) in [6, 6.07) is 0.927. The molecular formula is C15H37BrO5Si2. The Balaban J connectivity index is 0. The van der Waals surface area contributed by atoms with Crippen LogP contribution in [0.4, 0.5) is 0 Å². The van der Waals surface area contributed by atoms with Gasteiger partial charge in [-0.25, -0.2) is 0 Å². The molecule has 23 heavy (non-hydrogen) atoms. The van der Waals surface area contributed by atoms with Crippen molar-refractivity contribution < 1.29 is 22.1 Å². The van der Waals surface area contributed by atoms with Gasteiger partial charge in [0.2, 0.25) is 0 Å². The number of hydrogen-bond donors (Lipinski definition) is 0. The van der Waals surface area contributed by atoms with Crippen LogP contribution in [0, 0.1) is 5.92 Å². The van der Waals surface area contributed by atoms with Crippen LogP contribution in [-0.4, -0.2) is 50.4 Å². The van der Waals surface area contributed by atoms with Crippen molar-refractivity contribution in [1.82, 2.24) is 0 Å². The van der Waals surface area contributed by atoms with Gasteiger partial charge in [0.25, 0.3) is 0 Å². The predicted octanol–water partition coefficient (Wildman–Crippen LogP) is 4.32. The van der Waals surface area contributed by atoms with Gasteiger partial charge in [0.05, 0.1) is 5.67 Å². The maximum atomic E-state index is 6.19. The smallest absolute Gasteiger partial charge is 0.394 e. The first kappa shape index (κ1) is 25.9. The Morgan fingerprint density at radius 3 is 1.26 bits per heavy atom. The maximum absolute atomic E-state index is 6.19. The highest BCUT2D eigenvalue weighted by Gasteiger charge is 2.53. The quantitative estimate of drug-likeness (QED) is 0.382. The van der Waals surface area contributed by atoms with Crippen LogP contribution in [0.25, 0.3) is 0 Å². The van der Waals surface area contributed by atoms with E-state index in [1.165, 1.54) is 0 Å². The Labute approximate surface area is 155 Å². The topological polar surface area (TPSA) is 46.2 Å². The summed E-state index contributed by atoms with van der Waals surface area (Å²) in [7, 11) is -5.18. The second-order valence-corrected chi connectivity index (χ2v) is 12.0. The zero-order valence-electron chi connectivity index (χ0n) is 16.0. The molecular weight excluding hydrogens is 396 g/mol.